The Balaban J connectivity index is 1.64. The first-order chi connectivity index (χ1) is 10.3. The van der Waals surface area contributed by atoms with Crippen molar-refractivity contribution in [3.63, 3.8) is 0 Å². The highest BCUT2D eigenvalue weighted by atomic mass is 16.5. The second-order valence-corrected chi connectivity index (χ2v) is 6.25. The van der Waals surface area contributed by atoms with Crippen molar-refractivity contribution >= 4 is 0 Å². The van der Waals surface area contributed by atoms with Crippen LogP contribution in [0.2, 0.25) is 0 Å². The Kier molecular flexibility index (Phi) is 4.91. The summed E-state index contributed by atoms with van der Waals surface area (Å²) in [7, 11) is 0. The Labute approximate surface area is 127 Å². The van der Waals surface area contributed by atoms with E-state index in [0.29, 0.717) is 18.6 Å². The van der Waals surface area contributed by atoms with Gasteiger partial charge in [0.15, 0.2) is 0 Å². The number of hydrogen-bond donors (Lipinski definition) is 1. The third-order valence-electron chi connectivity index (χ3n) is 4.88. The van der Waals surface area contributed by atoms with Crippen LogP contribution in [0, 0.1) is 6.92 Å². The summed E-state index contributed by atoms with van der Waals surface area (Å²) < 4.78 is 5.46. The zero-order valence-electron chi connectivity index (χ0n) is 13.0. The van der Waals surface area contributed by atoms with Gasteiger partial charge in [0.1, 0.15) is 0 Å². The van der Waals surface area contributed by atoms with Gasteiger partial charge in [-0.25, -0.2) is 0 Å². The minimum atomic E-state index is 0.358. The van der Waals surface area contributed by atoms with Crippen LogP contribution in [0.15, 0.2) is 24.3 Å². The van der Waals surface area contributed by atoms with E-state index in [-0.39, 0.29) is 0 Å². The summed E-state index contributed by atoms with van der Waals surface area (Å²) in [5, 5.41) is 0. The predicted molar refractivity (Wildman–Crippen MR) is 85.3 cm³/mol. The van der Waals surface area contributed by atoms with Gasteiger partial charge in [-0.3, -0.25) is 9.80 Å². The highest BCUT2D eigenvalue weighted by Crippen LogP contribution is 2.27. The Morgan fingerprint density at radius 2 is 1.90 bits per heavy atom. The molecular formula is C17H27N3O. The van der Waals surface area contributed by atoms with E-state index in [2.05, 4.69) is 41.0 Å². The van der Waals surface area contributed by atoms with Crippen molar-refractivity contribution < 1.29 is 4.74 Å². The van der Waals surface area contributed by atoms with Crippen molar-refractivity contribution in [3.8, 4) is 0 Å². The molecular weight excluding hydrogens is 262 g/mol. The Bertz CT molecular complexity index is 442. The lowest BCUT2D eigenvalue weighted by molar-refractivity contribution is 0.0176. The van der Waals surface area contributed by atoms with Gasteiger partial charge < -0.3 is 10.5 Å². The number of nitrogens with zero attached hydrogens (tertiary/aromatic N) is 2. The van der Waals surface area contributed by atoms with Gasteiger partial charge >= 0.3 is 0 Å². The molecule has 2 heterocycles. The van der Waals surface area contributed by atoms with E-state index in [4.69, 9.17) is 10.5 Å². The maximum Gasteiger partial charge on any atom is 0.0594 e. The monoisotopic (exact) mass is 289 g/mol. The maximum absolute atomic E-state index is 6.07. The fourth-order valence-electron chi connectivity index (χ4n) is 3.58. The Morgan fingerprint density at radius 3 is 2.57 bits per heavy atom. The first kappa shape index (κ1) is 15.0. The van der Waals surface area contributed by atoms with Gasteiger partial charge in [0, 0.05) is 44.8 Å². The fourth-order valence-corrected chi connectivity index (χ4v) is 3.58. The average Bonchev–Trinajstić information content (AvgIpc) is 3.00. The van der Waals surface area contributed by atoms with Gasteiger partial charge in [-0.2, -0.15) is 0 Å². The van der Waals surface area contributed by atoms with Crippen molar-refractivity contribution in [2.45, 2.75) is 25.4 Å². The standard InChI is InChI=1S/C17H27N3O/c1-14-2-4-15(5-3-14)17(12-18)20-7-6-16(13-20)19-8-10-21-11-9-19/h2-5,16-17H,6-13,18H2,1H3. The molecule has 0 amide bonds. The summed E-state index contributed by atoms with van der Waals surface area (Å²) in [5.74, 6) is 0. The number of ether oxygens (including phenoxy) is 1. The summed E-state index contributed by atoms with van der Waals surface area (Å²) >= 11 is 0. The number of morpholine rings is 1. The molecule has 0 aliphatic carbocycles. The van der Waals surface area contributed by atoms with Crippen molar-refractivity contribution in [1.29, 1.82) is 0 Å². The third-order valence-corrected chi connectivity index (χ3v) is 4.88. The van der Waals surface area contributed by atoms with E-state index in [1.54, 1.807) is 0 Å². The largest absolute Gasteiger partial charge is 0.379 e. The van der Waals surface area contributed by atoms with Crippen LogP contribution in [0.4, 0.5) is 0 Å². The highest BCUT2D eigenvalue weighted by molar-refractivity contribution is 5.24. The van der Waals surface area contributed by atoms with Crippen molar-refractivity contribution in [3.05, 3.63) is 35.4 Å². The molecule has 4 nitrogen and oxygen atoms in total. The molecule has 2 N–H and O–H groups in total. The number of aryl methyl sites for hydroxylation is 1. The van der Waals surface area contributed by atoms with Crippen LogP contribution in [0.1, 0.15) is 23.6 Å². The van der Waals surface area contributed by atoms with Gasteiger partial charge in [-0.05, 0) is 18.9 Å². The quantitative estimate of drug-likeness (QED) is 0.910. The molecule has 2 saturated heterocycles. The molecule has 2 fully saturated rings. The number of likely N-dealkylation sites (tertiary alicyclic amines) is 1. The SMILES string of the molecule is Cc1ccc(C(CN)N2CCC(N3CCOCC3)C2)cc1. The summed E-state index contributed by atoms with van der Waals surface area (Å²) in [6.45, 7) is 9.04. The average molecular weight is 289 g/mol. The second kappa shape index (κ2) is 6.88. The highest BCUT2D eigenvalue weighted by Gasteiger charge is 2.32. The van der Waals surface area contributed by atoms with Crippen LogP contribution in [0.25, 0.3) is 0 Å². The molecule has 4 heteroatoms. The van der Waals surface area contributed by atoms with Crippen LogP contribution < -0.4 is 5.73 Å². The summed E-state index contributed by atoms with van der Waals surface area (Å²) in [6, 6.07) is 9.87. The van der Waals surface area contributed by atoms with Gasteiger partial charge in [-0.15, -0.1) is 0 Å². The topological polar surface area (TPSA) is 41.7 Å². The molecule has 2 aliphatic rings. The lowest BCUT2D eigenvalue weighted by Gasteiger charge is -2.33. The first-order valence-electron chi connectivity index (χ1n) is 8.10. The Morgan fingerprint density at radius 1 is 1.19 bits per heavy atom. The molecule has 3 rings (SSSR count). The number of benzene rings is 1. The lowest BCUT2D eigenvalue weighted by Crippen LogP contribution is -2.45. The second-order valence-electron chi connectivity index (χ2n) is 6.25. The predicted octanol–water partition coefficient (Wildman–Crippen LogP) is 1.40. The molecule has 2 atom stereocenters. The molecule has 1 aromatic rings. The van der Waals surface area contributed by atoms with Crippen molar-refractivity contribution in [1.82, 2.24) is 9.80 Å². The van der Waals surface area contributed by atoms with Crippen molar-refractivity contribution in [2.24, 2.45) is 5.73 Å². The molecule has 21 heavy (non-hydrogen) atoms. The first-order valence-corrected chi connectivity index (χ1v) is 8.10. The van der Waals surface area contributed by atoms with E-state index < -0.39 is 0 Å². The van der Waals surface area contributed by atoms with Gasteiger partial charge in [0.05, 0.1) is 13.2 Å². The molecule has 0 spiro atoms. The van der Waals surface area contributed by atoms with E-state index in [0.717, 1.165) is 39.4 Å². The van der Waals surface area contributed by atoms with Crippen LogP contribution in [0.5, 0.6) is 0 Å². The Hall–Kier alpha value is -0.940. The maximum atomic E-state index is 6.07. The molecule has 0 radical (unpaired) electrons. The van der Waals surface area contributed by atoms with Crippen LogP contribution in [0.3, 0.4) is 0 Å². The zero-order valence-corrected chi connectivity index (χ0v) is 13.0. The lowest BCUT2D eigenvalue weighted by atomic mass is 10.0. The normalized spacial score (nSPS) is 26.1. The minimum Gasteiger partial charge on any atom is -0.379 e. The molecule has 0 aromatic heterocycles. The van der Waals surface area contributed by atoms with Crippen LogP contribution in [-0.4, -0.2) is 61.8 Å². The molecule has 1 aromatic carbocycles. The molecule has 116 valence electrons. The summed E-state index contributed by atoms with van der Waals surface area (Å²) in [4.78, 5) is 5.15. The van der Waals surface area contributed by atoms with Gasteiger partial charge in [0.2, 0.25) is 0 Å². The molecule has 2 aliphatic heterocycles. The molecule has 0 saturated carbocycles. The summed E-state index contributed by atoms with van der Waals surface area (Å²) in [6.07, 6.45) is 1.25. The fraction of sp³-hybridized carbons (Fsp3) is 0.647. The van der Waals surface area contributed by atoms with Crippen molar-refractivity contribution in [2.75, 3.05) is 45.9 Å². The smallest absolute Gasteiger partial charge is 0.0594 e. The van der Waals surface area contributed by atoms with Gasteiger partial charge in [-0.1, -0.05) is 29.8 Å². The number of rotatable bonds is 4. The van der Waals surface area contributed by atoms with E-state index in [9.17, 15) is 0 Å². The number of hydrogen-bond acceptors (Lipinski definition) is 4. The molecule has 0 bridgehead atoms. The summed E-state index contributed by atoms with van der Waals surface area (Å²) in [5.41, 5.74) is 8.73. The zero-order chi connectivity index (χ0) is 14.7. The minimum absolute atomic E-state index is 0.358. The van der Waals surface area contributed by atoms with Gasteiger partial charge in [0.25, 0.3) is 0 Å². The van der Waals surface area contributed by atoms with Crippen LogP contribution >= 0.6 is 0 Å². The number of nitrogens with two attached hydrogens (primary N) is 1. The van der Waals surface area contributed by atoms with E-state index in [1.807, 2.05) is 0 Å². The van der Waals surface area contributed by atoms with Crippen LogP contribution in [-0.2, 0) is 4.74 Å². The van der Waals surface area contributed by atoms with E-state index >= 15 is 0 Å². The molecule has 2 unspecified atom stereocenters. The third kappa shape index (κ3) is 3.46. The van der Waals surface area contributed by atoms with E-state index in [1.165, 1.54) is 17.5 Å².